The van der Waals surface area contributed by atoms with Gasteiger partial charge in [-0.2, -0.15) is 17.0 Å². The Morgan fingerprint density at radius 3 is 1.85 bits per heavy atom. The van der Waals surface area contributed by atoms with Gasteiger partial charge in [0.1, 0.15) is 0 Å². The molecule has 80 valence electrons. The smallest absolute Gasteiger partial charge is 0.195 e. The van der Waals surface area contributed by atoms with Crippen LogP contribution in [0.4, 0.5) is 0 Å². The zero-order valence-electron chi connectivity index (χ0n) is 8.70. The van der Waals surface area contributed by atoms with Gasteiger partial charge in [-0.25, -0.2) is 0 Å². The average Bonchev–Trinajstić information content (AvgIpc) is 2.02. The van der Waals surface area contributed by atoms with Crippen LogP contribution in [0, 0.1) is 0 Å². The highest BCUT2D eigenvalue weighted by Crippen LogP contribution is 2.19. The van der Waals surface area contributed by atoms with Crippen LogP contribution in [0.15, 0.2) is 0 Å². The summed E-state index contributed by atoms with van der Waals surface area (Å²) in [4.78, 5) is 0. The summed E-state index contributed by atoms with van der Waals surface area (Å²) in [6.45, 7) is 3.73. The molecule has 4 nitrogen and oxygen atoms in total. The number of hydrogen-bond donors (Lipinski definition) is 0. The van der Waals surface area contributed by atoms with Crippen LogP contribution in [-0.4, -0.2) is 49.0 Å². The molecular weight excluding hydrogens is 256 g/mol. The molecule has 0 amide bonds. The summed E-state index contributed by atoms with van der Waals surface area (Å²) in [5, 5.41) is 0.601. The Kier molecular flexibility index (Phi) is 4.36. The van der Waals surface area contributed by atoms with Crippen molar-refractivity contribution in [2.75, 3.05) is 26.5 Å². The molecule has 0 bridgehead atoms. The third kappa shape index (κ3) is 2.90. The SMILES string of the molecule is CN(C)S(=O)(=O)N(C)C(C)(C)CBr. The molecule has 0 unspecified atom stereocenters. The molecule has 0 aromatic heterocycles. The summed E-state index contributed by atoms with van der Waals surface area (Å²) in [5.41, 5.74) is -0.414. The topological polar surface area (TPSA) is 40.6 Å². The lowest BCUT2D eigenvalue weighted by molar-refractivity contribution is 0.282. The largest absolute Gasteiger partial charge is 0.281 e. The highest BCUT2D eigenvalue weighted by atomic mass is 79.9. The minimum absolute atomic E-state index is 0.414. The first-order chi connectivity index (χ1) is 5.66. The van der Waals surface area contributed by atoms with Gasteiger partial charge in [-0.1, -0.05) is 15.9 Å². The maximum absolute atomic E-state index is 11.7. The minimum Gasteiger partial charge on any atom is -0.195 e. The molecule has 0 spiro atoms. The number of hydrogen-bond acceptors (Lipinski definition) is 2. The van der Waals surface area contributed by atoms with Gasteiger partial charge >= 0.3 is 0 Å². The van der Waals surface area contributed by atoms with Crippen molar-refractivity contribution in [2.45, 2.75) is 19.4 Å². The maximum Gasteiger partial charge on any atom is 0.281 e. The lowest BCUT2D eigenvalue weighted by Gasteiger charge is -2.34. The van der Waals surface area contributed by atoms with Gasteiger partial charge in [0.2, 0.25) is 0 Å². The fourth-order valence-electron chi connectivity index (χ4n) is 0.641. The summed E-state index contributed by atoms with van der Waals surface area (Å²) >= 11 is 3.29. The van der Waals surface area contributed by atoms with Crippen LogP contribution in [-0.2, 0) is 10.2 Å². The molecule has 0 rings (SSSR count). The molecule has 0 aliphatic rings. The Balaban J connectivity index is 4.91. The molecule has 0 saturated heterocycles. The minimum atomic E-state index is -3.31. The molecule has 0 aromatic carbocycles. The van der Waals surface area contributed by atoms with Gasteiger partial charge in [0.25, 0.3) is 10.2 Å². The van der Waals surface area contributed by atoms with Crippen LogP contribution in [0.25, 0.3) is 0 Å². The van der Waals surface area contributed by atoms with Gasteiger partial charge in [-0.3, -0.25) is 0 Å². The highest BCUT2D eigenvalue weighted by molar-refractivity contribution is 9.09. The molecule has 0 N–H and O–H groups in total. The van der Waals surface area contributed by atoms with E-state index >= 15 is 0 Å². The molecule has 13 heavy (non-hydrogen) atoms. The molecular formula is C7H17BrN2O2S. The standard InChI is InChI=1S/C7H17BrN2O2S/c1-7(2,6-8)10(5)13(11,12)9(3)4/h6H2,1-5H3. The Hall–Kier alpha value is 0.350. The van der Waals surface area contributed by atoms with Crippen LogP contribution >= 0.6 is 15.9 Å². The number of alkyl halides is 1. The summed E-state index contributed by atoms with van der Waals surface area (Å²) in [6.07, 6.45) is 0. The normalized spacial score (nSPS) is 14.2. The molecule has 0 radical (unpaired) electrons. The zero-order chi connectivity index (χ0) is 10.9. The van der Waals surface area contributed by atoms with Gasteiger partial charge in [-0.15, -0.1) is 0 Å². The van der Waals surface area contributed by atoms with Gasteiger partial charge in [-0.05, 0) is 13.8 Å². The van der Waals surface area contributed by atoms with Crippen molar-refractivity contribution in [1.29, 1.82) is 0 Å². The molecule has 0 heterocycles. The van der Waals surface area contributed by atoms with E-state index in [4.69, 9.17) is 0 Å². The monoisotopic (exact) mass is 272 g/mol. The van der Waals surface area contributed by atoms with Crippen molar-refractivity contribution in [3.8, 4) is 0 Å². The molecule has 0 aromatic rings. The van der Waals surface area contributed by atoms with Crippen LogP contribution in [0.3, 0.4) is 0 Å². The van der Waals surface area contributed by atoms with Gasteiger partial charge in [0.15, 0.2) is 0 Å². The average molecular weight is 273 g/mol. The summed E-state index contributed by atoms with van der Waals surface area (Å²) in [6, 6.07) is 0. The summed E-state index contributed by atoms with van der Waals surface area (Å²) < 4.78 is 25.9. The van der Waals surface area contributed by atoms with Crippen LogP contribution in [0.2, 0.25) is 0 Å². The third-order valence-corrected chi connectivity index (χ3v) is 5.47. The number of rotatable bonds is 4. The Morgan fingerprint density at radius 1 is 1.23 bits per heavy atom. The lowest BCUT2D eigenvalue weighted by atomic mass is 10.1. The van der Waals surface area contributed by atoms with E-state index in [9.17, 15) is 8.42 Å². The van der Waals surface area contributed by atoms with Crippen LogP contribution in [0.5, 0.6) is 0 Å². The van der Waals surface area contributed by atoms with E-state index in [-0.39, 0.29) is 0 Å². The second-order valence-corrected chi connectivity index (χ2v) is 6.44. The predicted molar refractivity (Wildman–Crippen MR) is 58.2 cm³/mol. The number of nitrogens with zero attached hydrogens (tertiary/aromatic N) is 2. The zero-order valence-corrected chi connectivity index (χ0v) is 11.1. The van der Waals surface area contributed by atoms with Crippen LogP contribution in [0.1, 0.15) is 13.8 Å². The fraction of sp³-hybridized carbons (Fsp3) is 1.00. The molecule has 0 aliphatic heterocycles. The number of halogens is 1. The molecule has 0 atom stereocenters. The second-order valence-electron chi connectivity index (χ2n) is 3.70. The Bertz CT molecular complexity index is 262. The first-order valence-corrected chi connectivity index (χ1v) is 6.40. The third-order valence-electron chi connectivity index (χ3n) is 1.99. The molecule has 0 saturated carbocycles. The first-order valence-electron chi connectivity index (χ1n) is 3.88. The maximum atomic E-state index is 11.7. The molecule has 0 fully saturated rings. The first kappa shape index (κ1) is 13.4. The summed E-state index contributed by atoms with van der Waals surface area (Å²) in [7, 11) is 1.32. The van der Waals surface area contributed by atoms with Crippen molar-refractivity contribution in [1.82, 2.24) is 8.61 Å². The van der Waals surface area contributed by atoms with Crippen LogP contribution < -0.4 is 0 Å². The van der Waals surface area contributed by atoms with Gasteiger partial charge in [0, 0.05) is 32.0 Å². The van der Waals surface area contributed by atoms with E-state index < -0.39 is 15.7 Å². The predicted octanol–water partition coefficient (Wildman–Crippen LogP) is 0.898. The van der Waals surface area contributed by atoms with E-state index in [1.54, 1.807) is 7.05 Å². The van der Waals surface area contributed by atoms with E-state index in [1.807, 2.05) is 13.8 Å². The fourth-order valence-corrected chi connectivity index (χ4v) is 2.36. The van der Waals surface area contributed by atoms with E-state index in [1.165, 1.54) is 22.7 Å². The molecule has 0 aliphatic carbocycles. The highest BCUT2D eigenvalue weighted by Gasteiger charge is 2.33. The Morgan fingerprint density at radius 2 is 1.62 bits per heavy atom. The van der Waals surface area contributed by atoms with Crippen molar-refractivity contribution >= 4 is 26.1 Å². The lowest BCUT2D eigenvalue weighted by Crippen LogP contribution is -2.50. The van der Waals surface area contributed by atoms with E-state index in [0.29, 0.717) is 5.33 Å². The van der Waals surface area contributed by atoms with Crippen molar-refractivity contribution in [2.24, 2.45) is 0 Å². The van der Waals surface area contributed by atoms with Crippen molar-refractivity contribution < 1.29 is 8.42 Å². The van der Waals surface area contributed by atoms with E-state index in [2.05, 4.69) is 15.9 Å². The second kappa shape index (κ2) is 4.25. The molecule has 6 heteroatoms. The van der Waals surface area contributed by atoms with Gasteiger partial charge in [0.05, 0.1) is 0 Å². The van der Waals surface area contributed by atoms with Crippen molar-refractivity contribution in [3.63, 3.8) is 0 Å². The summed E-state index contributed by atoms with van der Waals surface area (Å²) in [5.74, 6) is 0. The van der Waals surface area contributed by atoms with Gasteiger partial charge < -0.3 is 0 Å². The van der Waals surface area contributed by atoms with Crippen molar-refractivity contribution in [3.05, 3.63) is 0 Å². The Labute approximate surface area is 89.2 Å². The van der Waals surface area contributed by atoms with E-state index in [0.717, 1.165) is 0 Å². The quantitative estimate of drug-likeness (QED) is 0.714.